The number of amides is 2. The van der Waals surface area contributed by atoms with Crippen LogP contribution in [0.1, 0.15) is 181 Å². The summed E-state index contributed by atoms with van der Waals surface area (Å²) in [6.07, 6.45) is 44.4. The maximum absolute atomic E-state index is 12.7. The Bertz CT molecular complexity index is 1040. The highest BCUT2D eigenvalue weighted by atomic mass is 16.5. The summed E-state index contributed by atoms with van der Waals surface area (Å²) in [6, 6.07) is -1.39. The Morgan fingerprint density at radius 3 is 1.57 bits per heavy atom. The predicted octanol–water partition coefficient (Wildman–Crippen LogP) is 9.98. The molecule has 0 aromatic carbocycles. The van der Waals surface area contributed by atoms with Gasteiger partial charge in [0.1, 0.15) is 12.1 Å². The molecule has 0 saturated carbocycles. The summed E-state index contributed by atoms with van der Waals surface area (Å²) in [5, 5.41) is 22.5. The van der Waals surface area contributed by atoms with Crippen molar-refractivity contribution in [3.63, 3.8) is 0 Å². The molecule has 0 aliphatic rings. The second-order valence-electron chi connectivity index (χ2n) is 14.1. The van der Waals surface area contributed by atoms with Crippen LogP contribution >= 0.6 is 0 Å². The van der Waals surface area contributed by atoms with Crippen molar-refractivity contribution in [2.75, 3.05) is 13.2 Å². The number of nitrogens with one attached hydrogen (secondary N) is 2. The van der Waals surface area contributed by atoms with Gasteiger partial charge in [0.15, 0.2) is 0 Å². The minimum atomic E-state index is -1.39. The average molecular weight is 745 g/mol. The zero-order valence-corrected chi connectivity index (χ0v) is 33.5. The smallest absolute Gasteiger partial charge is 0.328 e. The van der Waals surface area contributed by atoms with Gasteiger partial charge in [-0.25, -0.2) is 4.79 Å². The number of carboxylic acid groups (broad SMARTS) is 1. The van der Waals surface area contributed by atoms with E-state index in [1.807, 2.05) is 6.08 Å². The molecule has 2 atom stereocenters. The van der Waals surface area contributed by atoms with E-state index >= 15 is 0 Å². The number of carbonyl (C=O) groups is 4. The van der Waals surface area contributed by atoms with Crippen molar-refractivity contribution in [2.24, 2.45) is 0 Å². The molecular weight excluding hydrogens is 668 g/mol. The molecule has 9 heteroatoms. The molecule has 0 aliphatic heterocycles. The van der Waals surface area contributed by atoms with Gasteiger partial charge in [-0.1, -0.05) is 159 Å². The van der Waals surface area contributed by atoms with Crippen molar-refractivity contribution in [1.82, 2.24) is 10.6 Å². The highest BCUT2D eigenvalue weighted by molar-refractivity contribution is 5.87. The molecule has 53 heavy (non-hydrogen) atoms. The van der Waals surface area contributed by atoms with Gasteiger partial charge in [0.05, 0.1) is 13.2 Å². The third kappa shape index (κ3) is 35.6. The summed E-state index contributed by atoms with van der Waals surface area (Å²) < 4.78 is 5.91. The Morgan fingerprint density at radius 2 is 1.06 bits per heavy atom. The second kappa shape index (κ2) is 38.5. The fourth-order valence-electron chi connectivity index (χ4n) is 5.86. The number of aliphatic hydroxyl groups is 1. The number of rotatable bonds is 37. The molecule has 2 amide bonds. The summed E-state index contributed by atoms with van der Waals surface area (Å²) in [5.41, 5.74) is 0. The van der Waals surface area contributed by atoms with E-state index in [1.54, 1.807) is 0 Å². The first-order valence-electron chi connectivity index (χ1n) is 21.0. The van der Waals surface area contributed by atoms with Crippen LogP contribution in [0.25, 0.3) is 0 Å². The molecule has 4 N–H and O–H groups in total. The maximum atomic E-state index is 12.7. The van der Waals surface area contributed by atoms with E-state index in [1.165, 1.54) is 77.0 Å². The summed E-state index contributed by atoms with van der Waals surface area (Å²) in [4.78, 5) is 47.5. The number of hydrogen-bond donors (Lipinski definition) is 4. The Balaban J connectivity index is 4.41. The number of hydrogen-bond acceptors (Lipinski definition) is 6. The summed E-state index contributed by atoms with van der Waals surface area (Å²) in [6.45, 7) is 3.34. The molecule has 304 valence electrons. The fourth-order valence-corrected chi connectivity index (χ4v) is 5.86. The van der Waals surface area contributed by atoms with Crippen molar-refractivity contribution < 1.29 is 34.1 Å². The molecule has 0 bridgehead atoms. The summed E-state index contributed by atoms with van der Waals surface area (Å²) in [5.74, 6) is -2.40. The van der Waals surface area contributed by atoms with E-state index in [9.17, 15) is 19.2 Å². The first kappa shape index (κ1) is 49.8. The van der Waals surface area contributed by atoms with Crippen LogP contribution in [0.2, 0.25) is 0 Å². The Morgan fingerprint density at radius 1 is 0.585 bits per heavy atom. The monoisotopic (exact) mass is 745 g/mol. The largest absolute Gasteiger partial charge is 0.480 e. The van der Waals surface area contributed by atoms with Crippen LogP contribution in [-0.4, -0.2) is 59.3 Å². The van der Waals surface area contributed by atoms with E-state index in [0.717, 1.165) is 70.6 Å². The van der Waals surface area contributed by atoms with Gasteiger partial charge in [0.25, 0.3) is 0 Å². The number of esters is 1. The highest BCUT2D eigenvalue weighted by Crippen LogP contribution is 2.16. The Hall–Kier alpha value is -3.20. The molecule has 0 aromatic rings. The highest BCUT2D eigenvalue weighted by Gasteiger charge is 2.18. The number of ether oxygens (including phenoxy) is 1. The number of aliphatic hydroxyl groups excluding tert-OH is 1. The quantitative estimate of drug-likeness (QED) is 0.0282. The fraction of sp³-hybridized carbons (Fsp3) is 0.727. The van der Waals surface area contributed by atoms with Gasteiger partial charge >= 0.3 is 11.9 Å². The van der Waals surface area contributed by atoms with E-state index in [4.69, 9.17) is 14.9 Å². The normalized spacial score (nSPS) is 13.0. The number of allylic oxidation sites excluding steroid dienone is 7. The standard InChI is InChI=1S/C44H76N2O7/c1-3-5-7-9-11-13-15-16-17-19-21-23-28-32-36-43(50)53-39(33-29-25-22-20-18-14-12-10-8-6-4-2)34-30-26-24-27-31-35-41(48)45-37-42(49)46-40(38-47)44(51)52/h6,8,12,14,20,22,29,33,39-40,47H,3-5,7,9-11,13,15-19,21,23-28,30-32,34-38H2,1-2H3,(H,45,48)(H,46,49)(H,51,52)/b8-6-,14-12-,22-20-,33-29-. The third-order valence-corrected chi connectivity index (χ3v) is 9.07. The average Bonchev–Trinajstić information content (AvgIpc) is 3.14. The van der Waals surface area contributed by atoms with E-state index in [2.05, 4.69) is 67.0 Å². The lowest BCUT2D eigenvalue weighted by molar-refractivity contribution is -0.147. The summed E-state index contributed by atoms with van der Waals surface area (Å²) in [7, 11) is 0. The van der Waals surface area contributed by atoms with Crippen molar-refractivity contribution in [3.8, 4) is 0 Å². The zero-order valence-electron chi connectivity index (χ0n) is 33.5. The van der Waals surface area contributed by atoms with Crippen molar-refractivity contribution in [3.05, 3.63) is 48.6 Å². The van der Waals surface area contributed by atoms with Crippen LogP contribution in [0.4, 0.5) is 0 Å². The number of aliphatic carboxylic acids is 1. The number of carboxylic acids is 1. The van der Waals surface area contributed by atoms with Crippen molar-refractivity contribution in [1.29, 1.82) is 0 Å². The van der Waals surface area contributed by atoms with Gasteiger partial charge in [0.2, 0.25) is 11.8 Å². The Labute approximate surface area is 322 Å². The molecule has 0 rings (SSSR count). The third-order valence-electron chi connectivity index (χ3n) is 9.07. The minimum absolute atomic E-state index is 0.120. The molecule has 0 fully saturated rings. The van der Waals surface area contributed by atoms with Crippen LogP contribution in [0.5, 0.6) is 0 Å². The topological polar surface area (TPSA) is 142 Å². The number of unbranched alkanes of at least 4 members (excludes halogenated alkanes) is 17. The number of carbonyl (C=O) groups excluding carboxylic acids is 3. The zero-order chi connectivity index (χ0) is 39.0. The lowest BCUT2D eigenvalue weighted by Gasteiger charge is -2.15. The second-order valence-corrected chi connectivity index (χ2v) is 14.1. The van der Waals surface area contributed by atoms with Crippen LogP contribution in [0, 0.1) is 0 Å². The maximum Gasteiger partial charge on any atom is 0.328 e. The lowest BCUT2D eigenvalue weighted by atomic mass is 10.0. The van der Waals surface area contributed by atoms with Gasteiger partial charge < -0.3 is 25.6 Å². The van der Waals surface area contributed by atoms with E-state index in [-0.39, 0.29) is 30.9 Å². The molecule has 0 aliphatic carbocycles. The van der Waals surface area contributed by atoms with Gasteiger partial charge in [-0.05, 0) is 57.4 Å². The molecule has 0 heterocycles. The van der Waals surface area contributed by atoms with Gasteiger partial charge in [-0.15, -0.1) is 0 Å². The van der Waals surface area contributed by atoms with Crippen LogP contribution in [0.3, 0.4) is 0 Å². The van der Waals surface area contributed by atoms with Crippen LogP contribution in [0.15, 0.2) is 48.6 Å². The first-order chi connectivity index (χ1) is 25.8. The summed E-state index contributed by atoms with van der Waals surface area (Å²) >= 11 is 0. The first-order valence-corrected chi connectivity index (χ1v) is 21.0. The molecule has 0 saturated heterocycles. The molecule has 0 radical (unpaired) electrons. The van der Waals surface area contributed by atoms with E-state index in [0.29, 0.717) is 12.8 Å². The minimum Gasteiger partial charge on any atom is -0.480 e. The molecule has 9 nitrogen and oxygen atoms in total. The van der Waals surface area contributed by atoms with Crippen molar-refractivity contribution >= 4 is 23.8 Å². The van der Waals surface area contributed by atoms with Crippen LogP contribution in [-0.2, 0) is 23.9 Å². The van der Waals surface area contributed by atoms with Gasteiger partial charge in [-0.3, -0.25) is 14.4 Å². The van der Waals surface area contributed by atoms with E-state index < -0.39 is 24.5 Å². The SMILES string of the molecule is CC/C=C\C/C=C\C/C=C\C/C=C\C(CCCCCCCC(=O)NCC(=O)NC(CO)C(=O)O)OC(=O)CCCCCCCCCCCCCCCC. The van der Waals surface area contributed by atoms with Gasteiger partial charge in [0, 0.05) is 12.8 Å². The Kier molecular flexibility index (Phi) is 36.2. The van der Waals surface area contributed by atoms with Gasteiger partial charge in [-0.2, -0.15) is 0 Å². The predicted molar refractivity (Wildman–Crippen MR) is 217 cm³/mol. The van der Waals surface area contributed by atoms with Crippen molar-refractivity contribution in [2.45, 2.75) is 193 Å². The van der Waals surface area contributed by atoms with Crippen LogP contribution < -0.4 is 10.6 Å². The lowest BCUT2D eigenvalue weighted by Crippen LogP contribution is -2.47. The molecular formula is C44H76N2O7. The molecule has 0 spiro atoms. The molecule has 0 aromatic heterocycles. The molecule has 2 unspecified atom stereocenters.